The molecule has 2 rings (SSSR count). The zero-order valence-electron chi connectivity index (χ0n) is 10.4. The van der Waals surface area contributed by atoms with E-state index in [9.17, 15) is 9.90 Å². The van der Waals surface area contributed by atoms with Crippen LogP contribution in [0.15, 0.2) is 33.1 Å². The molecule has 100 valence electrons. The molecule has 2 aromatic rings. The van der Waals surface area contributed by atoms with Gasteiger partial charge in [0.05, 0.1) is 5.56 Å². The van der Waals surface area contributed by atoms with Crippen LogP contribution in [0.2, 0.25) is 0 Å². The molecule has 0 amide bonds. The quantitative estimate of drug-likeness (QED) is 0.847. The van der Waals surface area contributed by atoms with E-state index in [0.717, 1.165) is 10.6 Å². The van der Waals surface area contributed by atoms with Gasteiger partial charge in [0.1, 0.15) is 0 Å². The lowest BCUT2D eigenvalue weighted by Gasteiger charge is -2.09. The van der Waals surface area contributed by atoms with Crippen LogP contribution in [0.3, 0.4) is 0 Å². The van der Waals surface area contributed by atoms with Crippen molar-refractivity contribution in [3.63, 3.8) is 0 Å². The van der Waals surface area contributed by atoms with Crippen LogP contribution in [-0.2, 0) is 7.05 Å². The molecule has 0 unspecified atom stereocenters. The van der Waals surface area contributed by atoms with E-state index < -0.39 is 5.97 Å². The first-order chi connectivity index (χ1) is 9.13. The van der Waals surface area contributed by atoms with Crippen LogP contribution < -0.4 is 0 Å². The second kappa shape index (κ2) is 6.07. The van der Waals surface area contributed by atoms with E-state index >= 15 is 0 Å². The third-order valence-corrected chi connectivity index (χ3v) is 4.31. The van der Waals surface area contributed by atoms with Crippen molar-refractivity contribution in [2.75, 3.05) is 5.75 Å². The van der Waals surface area contributed by atoms with Crippen molar-refractivity contribution in [2.45, 2.75) is 21.9 Å². The van der Waals surface area contributed by atoms with Gasteiger partial charge in [-0.2, -0.15) is 0 Å². The minimum Gasteiger partial charge on any atom is -0.478 e. The van der Waals surface area contributed by atoms with Crippen molar-refractivity contribution in [1.82, 2.24) is 20.2 Å². The average molecular weight is 296 g/mol. The largest absolute Gasteiger partial charge is 0.478 e. The molecule has 1 heterocycles. The molecular weight excluding hydrogens is 284 g/mol. The van der Waals surface area contributed by atoms with E-state index in [0.29, 0.717) is 15.6 Å². The Kier molecular flexibility index (Phi) is 4.43. The number of nitrogens with zero attached hydrogens (tertiary/aromatic N) is 4. The summed E-state index contributed by atoms with van der Waals surface area (Å²) in [4.78, 5) is 12.8. The van der Waals surface area contributed by atoms with E-state index in [4.69, 9.17) is 0 Å². The standard InChI is InChI=1S/C11H12N4O2S2/c1-3-18-7-5-4-6-8(9(7)10(16)17)19-11-12-13-14-15(11)2/h4-6H,3H2,1-2H3,(H,16,17). The van der Waals surface area contributed by atoms with Gasteiger partial charge in [0.2, 0.25) is 5.16 Å². The number of aromatic carboxylic acids is 1. The maximum atomic E-state index is 11.4. The van der Waals surface area contributed by atoms with Crippen molar-refractivity contribution in [3.05, 3.63) is 23.8 Å². The van der Waals surface area contributed by atoms with Gasteiger partial charge in [-0.1, -0.05) is 13.0 Å². The van der Waals surface area contributed by atoms with Gasteiger partial charge in [-0.3, -0.25) is 0 Å². The van der Waals surface area contributed by atoms with Crippen LogP contribution in [0, 0.1) is 0 Å². The molecule has 0 aliphatic carbocycles. The Bertz CT molecular complexity index is 600. The van der Waals surface area contributed by atoms with Crippen molar-refractivity contribution >= 4 is 29.5 Å². The molecule has 0 saturated heterocycles. The van der Waals surface area contributed by atoms with Gasteiger partial charge in [0, 0.05) is 16.8 Å². The van der Waals surface area contributed by atoms with Gasteiger partial charge in [0.25, 0.3) is 0 Å². The number of aromatic nitrogens is 4. The Morgan fingerprint density at radius 2 is 2.16 bits per heavy atom. The maximum Gasteiger partial charge on any atom is 0.337 e. The molecule has 0 atom stereocenters. The summed E-state index contributed by atoms with van der Waals surface area (Å²) in [5.41, 5.74) is 0.308. The molecule has 0 aliphatic heterocycles. The van der Waals surface area contributed by atoms with E-state index in [1.54, 1.807) is 13.1 Å². The number of hydrogen-bond acceptors (Lipinski definition) is 6. The molecule has 6 nitrogen and oxygen atoms in total. The van der Waals surface area contributed by atoms with Gasteiger partial charge in [-0.15, -0.1) is 16.9 Å². The highest BCUT2D eigenvalue weighted by Gasteiger charge is 2.18. The van der Waals surface area contributed by atoms with Crippen LogP contribution in [0.4, 0.5) is 0 Å². The van der Waals surface area contributed by atoms with Crippen LogP contribution in [0.5, 0.6) is 0 Å². The van der Waals surface area contributed by atoms with E-state index in [1.807, 2.05) is 19.1 Å². The fourth-order valence-corrected chi connectivity index (χ4v) is 3.27. The predicted molar refractivity (Wildman–Crippen MR) is 72.7 cm³/mol. The summed E-state index contributed by atoms with van der Waals surface area (Å²) >= 11 is 2.76. The molecule has 1 N–H and O–H groups in total. The lowest BCUT2D eigenvalue weighted by Crippen LogP contribution is -2.02. The number of tetrazole rings is 1. The van der Waals surface area contributed by atoms with Crippen LogP contribution >= 0.6 is 23.5 Å². The van der Waals surface area contributed by atoms with Crippen molar-refractivity contribution in [1.29, 1.82) is 0 Å². The lowest BCUT2D eigenvalue weighted by atomic mass is 10.2. The number of rotatable bonds is 5. The average Bonchev–Trinajstić information content (AvgIpc) is 2.75. The highest BCUT2D eigenvalue weighted by Crippen LogP contribution is 2.34. The van der Waals surface area contributed by atoms with E-state index in [1.165, 1.54) is 28.2 Å². The molecule has 0 fully saturated rings. The number of carboxylic acid groups (broad SMARTS) is 1. The molecule has 0 spiro atoms. The van der Waals surface area contributed by atoms with Crippen molar-refractivity contribution < 1.29 is 9.90 Å². The summed E-state index contributed by atoms with van der Waals surface area (Å²) in [5.74, 6) is -0.117. The molecule has 0 radical (unpaired) electrons. The zero-order chi connectivity index (χ0) is 13.8. The lowest BCUT2D eigenvalue weighted by molar-refractivity contribution is 0.0689. The zero-order valence-corrected chi connectivity index (χ0v) is 12.0. The molecule has 0 aliphatic rings. The van der Waals surface area contributed by atoms with Gasteiger partial charge in [-0.05, 0) is 40.1 Å². The third kappa shape index (κ3) is 3.07. The summed E-state index contributed by atoms with van der Waals surface area (Å²) in [5, 5.41) is 21.1. The normalized spacial score (nSPS) is 10.6. The first-order valence-corrected chi connectivity index (χ1v) is 7.33. The molecule has 0 saturated carbocycles. The Morgan fingerprint density at radius 3 is 2.74 bits per heavy atom. The van der Waals surface area contributed by atoms with Gasteiger partial charge in [0.15, 0.2) is 0 Å². The SMILES string of the molecule is CCSc1cccc(Sc2nnnn2C)c1C(=O)O. The fourth-order valence-electron chi connectivity index (χ4n) is 1.49. The Labute approximate surface area is 118 Å². The van der Waals surface area contributed by atoms with E-state index in [-0.39, 0.29) is 0 Å². The Morgan fingerprint density at radius 1 is 1.42 bits per heavy atom. The number of aryl methyl sites for hydroxylation is 1. The van der Waals surface area contributed by atoms with Crippen LogP contribution in [-0.4, -0.2) is 37.0 Å². The highest BCUT2D eigenvalue weighted by molar-refractivity contribution is 8.00. The first-order valence-electron chi connectivity index (χ1n) is 5.52. The topological polar surface area (TPSA) is 80.9 Å². The van der Waals surface area contributed by atoms with Crippen molar-refractivity contribution in [3.8, 4) is 0 Å². The first kappa shape index (κ1) is 13.9. The fraction of sp³-hybridized carbons (Fsp3) is 0.273. The molecule has 0 bridgehead atoms. The smallest absolute Gasteiger partial charge is 0.337 e. The molecule has 19 heavy (non-hydrogen) atoms. The minimum absolute atomic E-state index is 0.308. The number of hydrogen-bond donors (Lipinski definition) is 1. The second-order valence-corrected chi connectivity index (χ2v) is 5.87. The molecule has 1 aromatic heterocycles. The van der Waals surface area contributed by atoms with Gasteiger partial charge >= 0.3 is 5.97 Å². The van der Waals surface area contributed by atoms with Crippen LogP contribution in [0.1, 0.15) is 17.3 Å². The minimum atomic E-state index is -0.936. The van der Waals surface area contributed by atoms with Gasteiger partial charge < -0.3 is 5.11 Å². The number of carboxylic acids is 1. The van der Waals surface area contributed by atoms with Crippen LogP contribution in [0.25, 0.3) is 0 Å². The number of benzene rings is 1. The van der Waals surface area contributed by atoms with E-state index in [2.05, 4.69) is 15.5 Å². The summed E-state index contributed by atoms with van der Waals surface area (Å²) in [6.45, 7) is 1.99. The van der Waals surface area contributed by atoms with Gasteiger partial charge in [-0.25, -0.2) is 9.48 Å². The Balaban J connectivity index is 2.42. The number of thioether (sulfide) groups is 1. The molecular formula is C11H12N4O2S2. The third-order valence-electron chi connectivity index (χ3n) is 2.28. The summed E-state index contributed by atoms with van der Waals surface area (Å²) in [7, 11) is 1.72. The Hall–Kier alpha value is -1.54. The second-order valence-electron chi connectivity index (χ2n) is 3.55. The predicted octanol–water partition coefficient (Wildman–Crippen LogP) is 2.17. The van der Waals surface area contributed by atoms with Crippen molar-refractivity contribution in [2.24, 2.45) is 7.05 Å². The molecule has 1 aromatic carbocycles. The maximum absolute atomic E-state index is 11.4. The highest BCUT2D eigenvalue weighted by atomic mass is 32.2. The summed E-state index contributed by atoms with van der Waals surface area (Å²) in [6, 6.07) is 5.43. The summed E-state index contributed by atoms with van der Waals surface area (Å²) in [6.07, 6.45) is 0. The number of carbonyl (C=O) groups is 1. The molecule has 8 heteroatoms. The summed E-state index contributed by atoms with van der Waals surface area (Å²) < 4.78 is 1.51. The monoisotopic (exact) mass is 296 g/mol.